The van der Waals surface area contributed by atoms with Crippen LogP contribution in [0.5, 0.6) is 11.5 Å². The van der Waals surface area contributed by atoms with E-state index in [1.165, 1.54) is 6.07 Å². The molecule has 0 fully saturated rings. The molecule has 0 heterocycles. The molecule has 0 spiro atoms. The van der Waals surface area contributed by atoms with Gasteiger partial charge >= 0.3 is 0 Å². The van der Waals surface area contributed by atoms with Crippen molar-refractivity contribution in [2.75, 3.05) is 26.3 Å². The number of carbonyl (C=O) groups excluding carboxylic acids is 1. The van der Waals surface area contributed by atoms with E-state index in [4.69, 9.17) is 9.47 Å². The first-order valence-corrected chi connectivity index (χ1v) is 12.9. The maximum absolute atomic E-state index is 12.1. The van der Waals surface area contributed by atoms with Gasteiger partial charge in [0.15, 0.2) is 0 Å². The molecule has 0 aliphatic heterocycles. The van der Waals surface area contributed by atoms with Gasteiger partial charge in [-0.05, 0) is 79.9 Å². The van der Waals surface area contributed by atoms with Gasteiger partial charge in [0.2, 0.25) is 0 Å². The van der Waals surface area contributed by atoms with E-state index in [9.17, 15) is 20.1 Å². The van der Waals surface area contributed by atoms with Gasteiger partial charge in [-0.2, -0.15) is 0 Å². The Labute approximate surface area is 224 Å². The normalized spacial score (nSPS) is 11.9. The second-order valence-electron chi connectivity index (χ2n) is 9.39. The number of carbonyl (C=O) groups is 1. The molecule has 1 atom stereocenters. The number of hydrogen-bond acceptors (Lipinski definition) is 7. The Morgan fingerprint density at radius 3 is 2.50 bits per heavy atom. The Kier molecular flexibility index (Phi) is 11.6. The molecule has 3 aromatic carbocycles. The average Bonchev–Trinajstić information content (AvgIpc) is 2.91. The molecule has 0 bridgehead atoms. The predicted octanol–water partition coefficient (Wildman–Crippen LogP) is 3.48. The highest BCUT2D eigenvalue weighted by Crippen LogP contribution is 2.22. The van der Waals surface area contributed by atoms with Crippen molar-refractivity contribution in [2.45, 2.75) is 45.6 Å². The lowest BCUT2D eigenvalue weighted by Crippen LogP contribution is -2.30. The first-order valence-electron chi connectivity index (χ1n) is 12.9. The standard InChI is InChI=1S/C30H38N2O6/c1-21(2)32-30(36)25-5-3-4-23(16-25)20-37-14-15-38-27-9-6-22(7-10-27)12-13-31-18-29(35)24-8-11-28(34)26(17-24)19-33/h3-11,16-17,21,29,31,33-35H,12-15,18-20H2,1-2H3,(H,32,36)/t29-/m0/s1. The Morgan fingerprint density at radius 2 is 1.76 bits per heavy atom. The van der Waals surface area contributed by atoms with Crippen LogP contribution in [0.3, 0.4) is 0 Å². The molecule has 1 amide bonds. The molecule has 8 nitrogen and oxygen atoms in total. The summed E-state index contributed by atoms with van der Waals surface area (Å²) in [6, 6.07) is 20.1. The van der Waals surface area contributed by atoms with Crippen molar-refractivity contribution in [3.05, 3.63) is 94.5 Å². The van der Waals surface area contributed by atoms with Crippen LogP contribution in [0.25, 0.3) is 0 Å². The van der Waals surface area contributed by atoms with Gasteiger partial charge in [-0.3, -0.25) is 4.79 Å². The monoisotopic (exact) mass is 522 g/mol. The van der Waals surface area contributed by atoms with Gasteiger partial charge in [-0.15, -0.1) is 0 Å². The summed E-state index contributed by atoms with van der Waals surface area (Å²) in [5, 5.41) is 35.4. The number of amides is 1. The number of rotatable bonds is 15. The third kappa shape index (κ3) is 9.46. The quantitative estimate of drug-likeness (QED) is 0.194. The lowest BCUT2D eigenvalue weighted by Gasteiger charge is -2.14. The molecule has 3 aromatic rings. The maximum Gasteiger partial charge on any atom is 0.251 e. The smallest absolute Gasteiger partial charge is 0.251 e. The molecule has 3 rings (SSSR count). The van der Waals surface area contributed by atoms with Gasteiger partial charge in [0.05, 0.1) is 25.9 Å². The molecular weight excluding hydrogens is 484 g/mol. The Morgan fingerprint density at radius 1 is 0.974 bits per heavy atom. The third-order valence-corrected chi connectivity index (χ3v) is 5.88. The van der Waals surface area contributed by atoms with Crippen molar-refractivity contribution >= 4 is 5.91 Å². The molecule has 8 heteroatoms. The number of aliphatic hydroxyl groups excluding tert-OH is 2. The second-order valence-corrected chi connectivity index (χ2v) is 9.39. The van der Waals surface area contributed by atoms with E-state index in [2.05, 4.69) is 10.6 Å². The third-order valence-electron chi connectivity index (χ3n) is 5.88. The summed E-state index contributed by atoms with van der Waals surface area (Å²) >= 11 is 0. The van der Waals surface area contributed by atoms with Gasteiger partial charge in [0.25, 0.3) is 5.91 Å². The van der Waals surface area contributed by atoms with Gasteiger partial charge in [0, 0.05) is 23.7 Å². The molecule has 5 N–H and O–H groups in total. The van der Waals surface area contributed by atoms with E-state index in [1.807, 2.05) is 56.3 Å². The van der Waals surface area contributed by atoms with Crippen molar-refractivity contribution < 1.29 is 29.6 Å². The number of hydrogen-bond donors (Lipinski definition) is 5. The fourth-order valence-corrected chi connectivity index (χ4v) is 3.84. The van der Waals surface area contributed by atoms with Gasteiger partial charge in [-0.25, -0.2) is 0 Å². The summed E-state index contributed by atoms with van der Waals surface area (Å²) < 4.78 is 11.5. The largest absolute Gasteiger partial charge is 0.508 e. The van der Waals surface area contributed by atoms with Crippen LogP contribution >= 0.6 is 0 Å². The molecule has 0 saturated heterocycles. The Hall–Kier alpha value is -3.43. The van der Waals surface area contributed by atoms with Crippen molar-refractivity contribution in [2.24, 2.45) is 0 Å². The first kappa shape index (κ1) is 29.1. The van der Waals surface area contributed by atoms with E-state index in [1.54, 1.807) is 18.2 Å². The highest BCUT2D eigenvalue weighted by Gasteiger charge is 2.10. The molecule has 0 aromatic heterocycles. The molecule has 0 saturated carbocycles. The zero-order valence-electron chi connectivity index (χ0n) is 22.0. The summed E-state index contributed by atoms with van der Waals surface area (Å²) in [6.45, 7) is 5.89. The van der Waals surface area contributed by atoms with Crippen molar-refractivity contribution in [1.29, 1.82) is 0 Å². The Bertz CT molecular complexity index is 1150. The van der Waals surface area contributed by atoms with E-state index in [-0.39, 0.29) is 24.3 Å². The first-order chi connectivity index (χ1) is 18.4. The van der Waals surface area contributed by atoms with Crippen LogP contribution in [0, 0.1) is 0 Å². The fraction of sp³-hybridized carbons (Fsp3) is 0.367. The molecule has 0 unspecified atom stereocenters. The minimum atomic E-state index is -0.729. The number of ether oxygens (including phenoxy) is 2. The van der Waals surface area contributed by atoms with Crippen LogP contribution in [0.1, 0.15) is 52.6 Å². The molecule has 0 aliphatic rings. The highest BCUT2D eigenvalue weighted by molar-refractivity contribution is 5.94. The molecule has 38 heavy (non-hydrogen) atoms. The molecule has 0 aliphatic carbocycles. The van der Waals surface area contributed by atoms with E-state index in [0.29, 0.717) is 49.6 Å². The summed E-state index contributed by atoms with van der Waals surface area (Å²) in [7, 11) is 0. The minimum absolute atomic E-state index is 0.0197. The van der Waals surface area contributed by atoms with E-state index in [0.717, 1.165) is 23.3 Å². The molecular formula is C30H38N2O6. The van der Waals surface area contributed by atoms with Crippen LogP contribution in [0.15, 0.2) is 66.7 Å². The van der Waals surface area contributed by atoms with Crippen molar-refractivity contribution in [3.63, 3.8) is 0 Å². The van der Waals surface area contributed by atoms with Crippen LogP contribution in [-0.2, 0) is 24.4 Å². The van der Waals surface area contributed by atoms with Crippen LogP contribution < -0.4 is 15.4 Å². The lowest BCUT2D eigenvalue weighted by atomic mass is 10.1. The summed E-state index contributed by atoms with van der Waals surface area (Å²) in [6.07, 6.45) is 0.0641. The number of aliphatic hydroxyl groups is 2. The SMILES string of the molecule is CC(C)NC(=O)c1cccc(COCCOc2ccc(CCNC[C@H](O)c3ccc(O)c(CO)c3)cc2)c1. The van der Waals surface area contributed by atoms with Crippen molar-refractivity contribution in [3.8, 4) is 11.5 Å². The average molecular weight is 523 g/mol. The number of phenols is 1. The second kappa shape index (κ2) is 15.1. The van der Waals surface area contributed by atoms with Gasteiger partial charge < -0.3 is 35.4 Å². The summed E-state index contributed by atoms with van der Waals surface area (Å²) in [4.78, 5) is 12.1. The number of aromatic hydroxyl groups is 1. The number of nitrogens with one attached hydrogen (secondary N) is 2. The zero-order valence-corrected chi connectivity index (χ0v) is 22.0. The van der Waals surface area contributed by atoms with Crippen LogP contribution in [0.4, 0.5) is 0 Å². The van der Waals surface area contributed by atoms with Crippen molar-refractivity contribution in [1.82, 2.24) is 10.6 Å². The Balaban J connectivity index is 1.31. The fourth-order valence-electron chi connectivity index (χ4n) is 3.84. The van der Waals surface area contributed by atoms with Crippen LogP contribution in [0.2, 0.25) is 0 Å². The van der Waals surface area contributed by atoms with Crippen LogP contribution in [-0.4, -0.2) is 53.6 Å². The van der Waals surface area contributed by atoms with E-state index >= 15 is 0 Å². The molecule has 204 valence electrons. The summed E-state index contributed by atoms with van der Waals surface area (Å²) in [5.74, 6) is 0.694. The number of benzene rings is 3. The molecule has 0 radical (unpaired) electrons. The van der Waals surface area contributed by atoms with Gasteiger partial charge in [0.1, 0.15) is 18.1 Å². The topological polar surface area (TPSA) is 120 Å². The zero-order chi connectivity index (χ0) is 27.3. The summed E-state index contributed by atoms with van der Waals surface area (Å²) in [5.41, 5.74) is 3.74. The predicted molar refractivity (Wildman–Crippen MR) is 146 cm³/mol. The van der Waals surface area contributed by atoms with Gasteiger partial charge in [-0.1, -0.05) is 30.3 Å². The van der Waals surface area contributed by atoms with E-state index < -0.39 is 6.10 Å². The minimum Gasteiger partial charge on any atom is -0.508 e. The lowest BCUT2D eigenvalue weighted by molar-refractivity contribution is 0.0885. The maximum atomic E-state index is 12.1. The highest BCUT2D eigenvalue weighted by atomic mass is 16.5.